The van der Waals surface area contributed by atoms with Crippen LogP contribution >= 0.6 is 0 Å². The molecule has 2 aromatic heterocycles. The molecule has 0 saturated heterocycles. The highest BCUT2D eigenvalue weighted by molar-refractivity contribution is 6.33. The molecule has 0 radical (unpaired) electrons. The minimum absolute atomic E-state index is 0.799. The van der Waals surface area contributed by atoms with Crippen LogP contribution in [0.4, 0.5) is 0 Å². The molecular weight excluding hydrogens is 536 g/mol. The van der Waals surface area contributed by atoms with E-state index in [1.54, 1.807) is 0 Å². The number of hydrogen-bond donors (Lipinski definition) is 0. The van der Waals surface area contributed by atoms with E-state index in [-0.39, 0.29) is 0 Å². The largest absolute Gasteiger partial charge is 0.452 e. The van der Waals surface area contributed by atoms with E-state index in [2.05, 4.69) is 146 Å². The fraction of sp³-hybridized carbons (Fsp3) is 0. The first-order valence-electron chi connectivity index (χ1n) is 15.0. The molecule has 2 heteroatoms. The summed E-state index contributed by atoms with van der Waals surface area (Å²) >= 11 is 0. The summed E-state index contributed by atoms with van der Waals surface area (Å²) < 4.78 is 13.4. The Morgan fingerprint density at radius 1 is 0.295 bits per heavy atom. The summed E-state index contributed by atoms with van der Waals surface area (Å²) in [4.78, 5) is 0. The molecule has 0 atom stereocenters. The van der Waals surface area contributed by atoms with Gasteiger partial charge in [0.15, 0.2) is 11.2 Å². The maximum absolute atomic E-state index is 6.72. The molecule has 2 nitrogen and oxygen atoms in total. The van der Waals surface area contributed by atoms with Crippen LogP contribution in [0.1, 0.15) is 0 Å². The quantitative estimate of drug-likeness (QED) is 0.210. The van der Waals surface area contributed by atoms with Gasteiger partial charge in [-0.05, 0) is 91.0 Å². The van der Waals surface area contributed by atoms with Gasteiger partial charge in [0.05, 0.1) is 0 Å². The second-order valence-corrected chi connectivity index (χ2v) is 11.7. The zero-order valence-corrected chi connectivity index (χ0v) is 23.7. The molecule has 0 aliphatic heterocycles. The number of hydrogen-bond acceptors (Lipinski definition) is 2. The van der Waals surface area contributed by atoms with E-state index in [9.17, 15) is 0 Å². The van der Waals surface area contributed by atoms with Crippen molar-refractivity contribution in [2.24, 2.45) is 0 Å². The van der Waals surface area contributed by atoms with Crippen LogP contribution in [0, 0.1) is 0 Å². The monoisotopic (exact) mass is 560 g/mol. The van der Waals surface area contributed by atoms with Gasteiger partial charge >= 0.3 is 0 Å². The maximum atomic E-state index is 6.72. The topological polar surface area (TPSA) is 26.3 Å². The first-order chi connectivity index (χ1) is 21.8. The molecule has 0 bridgehead atoms. The molecule has 2 heterocycles. The Hall–Kier alpha value is -5.86. The van der Waals surface area contributed by atoms with Gasteiger partial charge in [-0.3, -0.25) is 0 Å². The van der Waals surface area contributed by atoms with Gasteiger partial charge in [0.1, 0.15) is 11.2 Å². The molecule has 0 aliphatic rings. The smallest absolute Gasteiger partial charge is 0.179 e. The SMILES string of the molecule is c1ccc2cc(-c3ccc4c(c3)oc3c5oc6cc(-c7ccc8ccccc8c7)ccc6c5c5ccccc5c43)ccc2c1. The minimum Gasteiger partial charge on any atom is -0.452 e. The molecule has 0 saturated carbocycles. The van der Waals surface area contributed by atoms with Gasteiger partial charge in [-0.25, -0.2) is 0 Å². The predicted octanol–water partition coefficient (Wildman–Crippen LogP) is 12.3. The van der Waals surface area contributed by atoms with Gasteiger partial charge in [0.25, 0.3) is 0 Å². The van der Waals surface area contributed by atoms with Gasteiger partial charge in [0, 0.05) is 21.5 Å². The van der Waals surface area contributed by atoms with Crippen molar-refractivity contribution in [1.82, 2.24) is 0 Å². The first-order valence-corrected chi connectivity index (χ1v) is 15.0. The lowest BCUT2D eigenvalue weighted by Crippen LogP contribution is -1.80. The van der Waals surface area contributed by atoms with Gasteiger partial charge < -0.3 is 8.83 Å². The number of rotatable bonds is 2. The lowest BCUT2D eigenvalue weighted by atomic mass is 9.96. The van der Waals surface area contributed by atoms with Crippen LogP contribution in [0.5, 0.6) is 0 Å². The van der Waals surface area contributed by atoms with Crippen molar-refractivity contribution in [2.75, 3.05) is 0 Å². The predicted molar refractivity (Wildman–Crippen MR) is 184 cm³/mol. The van der Waals surface area contributed by atoms with Crippen molar-refractivity contribution in [3.05, 3.63) is 146 Å². The number of fused-ring (bicyclic) bond motifs is 12. The minimum atomic E-state index is 0.799. The second-order valence-electron chi connectivity index (χ2n) is 11.7. The van der Waals surface area contributed by atoms with E-state index in [1.165, 1.54) is 43.4 Å². The van der Waals surface area contributed by atoms with Crippen molar-refractivity contribution >= 4 is 76.2 Å². The summed E-state index contributed by atoms with van der Waals surface area (Å²) in [5.41, 5.74) is 7.93. The van der Waals surface area contributed by atoms with E-state index in [0.717, 1.165) is 55.0 Å². The van der Waals surface area contributed by atoms with E-state index in [4.69, 9.17) is 8.83 Å². The van der Waals surface area contributed by atoms with Crippen molar-refractivity contribution in [3.8, 4) is 22.3 Å². The fourth-order valence-corrected chi connectivity index (χ4v) is 7.06. The lowest BCUT2D eigenvalue weighted by Gasteiger charge is -2.05. The third-order valence-corrected chi connectivity index (χ3v) is 9.22. The van der Waals surface area contributed by atoms with Gasteiger partial charge in [-0.15, -0.1) is 0 Å². The molecule has 0 unspecified atom stereocenters. The number of furan rings is 2. The first kappa shape index (κ1) is 23.7. The third-order valence-electron chi connectivity index (χ3n) is 9.22. The molecule has 0 aliphatic carbocycles. The van der Waals surface area contributed by atoms with Crippen molar-refractivity contribution in [2.45, 2.75) is 0 Å². The molecule has 0 fully saturated rings. The Labute approximate surface area is 252 Å². The second kappa shape index (κ2) is 8.82. The zero-order valence-electron chi connectivity index (χ0n) is 23.7. The van der Waals surface area contributed by atoms with E-state index in [0.29, 0.717) is 0 Å². The Bertz CT molecular complexity index is 2580. The maximum Gasteiger partial charge on any atom is 0.179 e. The Morgan fingerprint density at radius 2 is 0.682 bits per heavy atom. The Morgan fingerprint density at radius 3 is 1.16 bits per heavy atom. The van der Waals surface area contributed by atoms with Crippen LogP contribution in [0.2, 0.25) is 0 Å². The van der Waals surface area contributed by atoms with Crippen molar-refractivity contribution in [1.29, 1.82) is 0 Å². The molecule has 0 N–H and O–H groups in total. The summed E-state index contributed by atoms with van der Waals surface area (Å²) in [5.74, 6) is 0. The molecular formula is C42H24O2. The molecule has 204 valence electrons. The van der Waals surface area contributed by atoms with Crippen LogP contribution in [-0.2, 0) is 0 Å². The highest BCUT2D eigenvalue weighted by Crippen LogP contribution is 2.45. The summed E-state index contributed by atoms with van der Waals surface area (Å²) in [5, 5.41) is 11.7. The van der Waals surface area contributed by atoms with Crippen LogP contribution in [0.3, 0.4) is 0 Å². The van der Waals surface area contributed by atoms with E-state index in [1.807, 2.05) is 0 Å². The Kier molecular flexibility index (Phi) is 4.75. The standard InChI is InChI=1S/C42H24O2/c1-3-9-27-21-29(15-13-25(27)7-1)31-17-19-35-37(23-31)43-41-39(35)33-11-5-6-12-34(33)40-36-20-18-32(24-38(36)44-42(40)41)30-16-14-26-8-2-4-10-28(26)22-30/h1-24H. The summed E-state index contributed by atoms with van der Waals surface area (Å²) in [6.07, 6.45) is 0. The number of benzene rings is 8. The molecule has 10 aromatic rings. The van der Waals surface area contributed by atoms with E-state index >= 15 is 0 Å². The zero-order chi connectivity index (χ0) is 28.8. The fourth-order valence-electron chi connectivity index (χ4n) is 7.06. The van der Waals surface area contributed by atoms with E-state index < -0.39 is 0 Å². The molecule has 0 spiro atoms. The summed E-state index contributed by atoms with van der Waals surface area (Å²) in [6.45, 7) is 0. The average molecular weight is 561 g/mol. The summed E-state index contributed by atoms with van der Waals surface area (Å²) in [7, 11) is 0. The van der Waals surface area contributed by atoms with Crippen LogP contribution in [0.25, 0.3) is 98.4 Å². The van der Waals surface area contributed by atoms with Gasteiger partial charge in [-0.1, -0.05) is 109 Å². The molecule has 44 heavy (non-hydrogen) atoms. The van der Waals surface area contributed by atoms with Crippen molar-refractivity contribution in [3.63, 3.8) is 0 Å². The van der Waals surface area contributed by atoms with Crippen LogP contribution in [-0.4, -0.2) is 0 Å². The normalized spacial score (nSPS) is 12.1. The molecule has 10 rings (SSSR count). The van der Waals surface area contributed by atoms with Crippen LogP contribution in [0.15, 0.2) is 154 Å². The Balaban J connectivity index is 1.21. The lowest BCUT2D eigenvalue weighted by molar-refractivity contribution is 0.634. The average Bonchev–Trinajstić information content (AvgIpc) is 3.66. The third kappa shape index (κ3) is 3.37. The molecule has 0 amide bonds. The molecule has 8 aromatic carbocycles. The summed E-state index contributed by atoms with van der Waals surface area (Å²) in [6, 6.07) is 51.9. The van der Waals surface area contributed by atoms with Crippen LogP contribution < -0.4 is 0 Å². The van der Waals surface area contributed by atoms with Gasteiger partial charge in [0.2, 0.25) is 0 Å². The van der Waals surface area contributed by atoms with Gasteiger partial charge in [-0.2, -0.15) is 0 Å². The van der Waals surface area contributed by atoms with Crippen molar-refractivity contribution < 1.29 is 8.83 Å². The highest BCUT2D eigenvalue weighted by atomic mass is 16.4. The highest BCUT2D eigenvalue weighted by Gasteiger charge is 2.21.